The van der Waals surface area contributed by atoms with Gasteiger partial charge >= 0.3 is 0 Å². The lowest BCUT2D eigenvalue weighted by molar-refractivity contribution is -0.145. The highest BCUT2D eigenvalue weighted by Crippen LogP contribution is 2.68. The van der Waals surface area contributed by atoms with Gasteiger partial charge in [-0.25, -0.2) is 0 Å². The number of hydrogen-bond acceptors (Lipinski definition) is 1. The van der Waals surface area contributed by atoms with E-state index in [1.807, 2.05) is 0 Å². The average Bonchev–Trinajstić information content (AvgIpc) is 2.69. The molecule has 0 spiro atoms. The van der Waals surface area contributed by atoms with Gasteiger partial charge < -0.3 is 5.11 Å². The summed E-state index contributed by atoms with van der Waals surface area (Å²) in [6.07, 6.45) is 13.9. The summed E-state index contributed by atoms with van der Waals surface area (Å²) in [5.41, 5.74) is 0.427. The molecular weight excluding hydrogens is 256 g/mol. The van der Waals surface area contributed by atoms with E-state index in [1.54, 1.807) is 0 Å². The van der Waals surface area contributed by atoms with E-state index >= 15 is 0 Å². The van der Waals surface area contributed by atoms with Crippen molar-refractivity contribution in [3.05, 3.63) is 0 Å². The first-order valence-corrected chi connectivity index (χ1v) is 9.61. The zero-order chi connectivity index (χ0) is 14.9. The largest absolute Gasteiger partial charge is 0.390 e. The van der Waals surface area contributed by atoms with Crippen LogP contribution in [0.5, 0.6) is 0 Å². The van der Waals surface area contributed by atoms with Crippen LogP contribution in [0.2, 0.25) is 0 Å². The van der Waals surface area contributed by atoms with E-state index in [2.05, 4.69) is 20.8 Å². The Morgan fingerprint density at radius 1 is 0.762 bits per heavy atom. The molecule has 120 valence electrons. The molecule has 7 atom stereocenters. The number of fused-ring (bicyclic) bond motifs is 5. The van der Waals surface area contributed by atoms with Crippen molar-refractivity contribution in [3.8, 4) is 0 Å². The van der Waals surface area contributed by atoms with Crippen LogP contribution < -0.4 is 0 Å². The molecule has 4 unspecified atom stereocenters. The molecule has 4 saturated carbocycles. The molecule has 0 amide bonds. The van der Waals surface area contributed by atoms with E-state index in [0.29, 0.717) is 5.41 Å². The molecule has 4 rings (SSSR count). The van der Waals surface area contributed by atoms with Crippen LogP contribution in [0, 0.1) is 34.5 Å². The molecule has 4 aliphatic rings. The molecule has 0 saturated heterocycles. The molecule has 21 heavy (non-hydrogen) atoms. The summed E-state index contributed by atoms with van der Waals surface area (Å²) in [6.45, 7) is 7.18. The highest BCUT2D eigenvalue weighted by Gasteiger charge is 2.62. The smallest absolute Gasteiger partial charge is 0.0675 e. The second-order valence-corrected chi connectivity index (χ2v) is 9.67. The molecule has 4 aliphatic carbocycles. The Bertz CT molecular complexity index is 428. The van der Waals surface area contributed by atoms with E-state index in [9.17, 15) is 5.11 Å². The van der Waals surface area contributed by atoms with E-state index < -0.39 is 5.60 Å². The van der Waals surface area contributed by atoms with Gasteiger partial charge in [0.15, 0.2) is 0 Å². The molecule has 0 heterocycles. The number of rotatable bonds is 0. The van der Waals surface area contributed by atoms with Crippen LogP contribution in [-0.2, 0) is 0 Å². The van der Waals surface area contributed by atoms with Crippen LogP contribution in [0.15, 0.2) is 0 Å². The third kappa shape index (κ3) is 1.79. The van der Waals surface area contributed by atoms with Gasteiger partial charge in [0.25, 0.3) is 0 Å². The maximum atomic E-state index is 10.9. The number of hydrogen-bond donors (Lipinski definition) is 1. The van der Waals surface area contributed by atoms with Crippen molar-refractivity contribution in [1.82, 2.24) is 0 Å². The molecule has 1 heteroatoms. The SMILES string of the molecule is C[C@@]12CCCCC1CCC1C2CC[C@]2(C)C1CC[C@@]2(C)O. The second kappa shape index (κ2) is 4.49. The summed E-state index contributed by atoms with van der Waals surface area (Å²) < 4.78 is 0. The third-order valence-corrected chi connectivity index (χ3v) is 9.15. The van der Waals surface area contributed by atoms with Crippen molar-refractivity contribution < 1.29 is 5.11 Å². The zero-order valence-electron chi connectivity index (χ0n) is 14.3. The fraction of sp³-hybridized carbons (Fsp3) is 1.00. The molecule has 0 radical (unpaired) electrons. The Balaban J connectivity index is 1.66. The summed E-state index contributed by atoms with van der Waals surface area (Å²) in [5, 5.41) is 10.9. The standard InChI is InChI=1S/C20H34O/c1-18-11-5-4-6-14(18)7-8-15-16(18)9-12-19(2)17(15)10-13-20(19,3)21/h14-17,21H,4-13H2,1-3H3/t14?,15?,16?,17?,18-,19-,20-/m1/s1. The summed E-state index contributed by atoms with van der Waals surface area (Å²) in [4.78, 5) is 0. The van der Waals surface area contributed by atoms with Crippen molar-refractivity contribution in [3.63, 3.8) is 0 Å². The summed E-state index contributed by atoms with van der Waals surface area (Å²) in [6, 6.07) is 0. The Labute approximate surface area is 130 Å². The Morgan fingerprint density at radius 3 is 2.33 bits per heavy atom. The highest BCUT2D eigenvalue weighted by atomic mass is 16.3. The highest BCUT2D eigenvalue weighted by molar-refractivity contribution is 5.12. The lowest BCUT2D eigenvalue weighted by Crippen LogP contribution is -2.55. The van der Waals surface area contributed by atoms with E-state index in [1.165, 1.54) is 57.8 Å². The molecule has 0 aromatic heterocycles. The fourth-order valence-corrected chi connectivity index (χ4v) is 7.54. The van der Waals surface area contributed by atoms with Gasteiger partial charge in [-0.15, -0.1) is 0 Å². The minimum absolute atomic E-state index is 0.200. The predicted octanol–water partition coefficient (Wildman–Crippen LogP) is 5.17. The van der Waals surface area contributed by atoms with Gasteiger partial charge in [0.2, 0.25) is 0 Å². The van der Waals surface area contributed by atoms with Crippen molar-refractivity contribution in [2.75, 3.05) is 0 Å². The first-order chi connectivity index (χ1) is 9.88. The van der Waals surface area contributed by atoms with Gasteiger partial charge in [0.1, 0.15) is 0 Å². The minimum Gasteiger partial charge on any atom is -0.390 e. The monoisotopic (exact) mass is 290 g/mol. The average molecular weight is 290 g/mol. The first-order valence-electron chi connectivity index (χ1n) is 9.61. The van der Waals surface area contributed by atoms with E-state index in [-0.39, 0.29) is 5.41 Å². The Morgan fingerprint density at radius 2 is 1.52 bits per heavy atom. The van der Waals surface area contributed by atoms with Gasteiger partial charge in [-0.3, -0.25) is 0 Å². The second-order valence-electron chi connectivity index (χ2n) is 9.67. The lowest BCUT2D eigenvalue weighted by Gasteiger charge is -2.61. The topological polar surface area (TPSA) is 20.2 Å². The first kappa shape index (κ1) is 14.5. The van der Waals surface area contributed by atoms with Gasteiger partial charge in [-0.05, 0) is 92.8 Å². The van der Waals surface area contributed by atoms with Gasteiger partial charge in [0.05, 0.1) is 5.60 Å². The van der Waals surface area contributed by atoms with E-state index in [4.69, 9.17) is 0 Å². The lowest BCUT2D eigenvalue weighted by atomic mass is 9.44. The van der Waals surface area contributed by atoms with Crippen LogP contribution in [0.4, 0.5) is 0 Å². The van der Waals surface area contributed by atoms with Crippen molar-refractivity contribution in [2.24, 2.45) is 34.5 Å². The Hall–Kier alpha value is -0.0400. The molecule has 1 N–H and O–H groups in total. The van der Waals surface area contributed by atoms with Crippen molar-refractivity contribution in [2.45, 2.75) is 90.6 Å². The van der Waals surface area contributed by atoms with Gasteiger partial charge in [-0.1, -0.05) is 26.7 Å². The Kier molecular flexibility index (Phi) is 3.11. The predicted molar refractivity (Wildman–Crippen MR) is 87.0 cm³/mol. The quantitative estimate of drug-likeness (QED) is 0.652. The molecule has 0 aromatic carbocycles. The summed E-state index contributed by atoms with van der Waals surface area (Å²) in [7, 11) is 0. The molecule has 1 nitrogen and oxygen atoms in total. The fourth-order valence-electron chi connectivity index (χ4n) is 7.54. The van der Waals surface area contributed by atoms with Crippen LogP contribution in [0.1, 0.15) is 85.0 Å². The van der Waals surface area contributed by atoms with Crippen LogP contribution in [0.25, 0.3) is 0 Å². The maximum Gasteiger partial charge on any atom is 0.0675 e. The molecule has 0 aliphatic heterocycles. The van der Waals surface area contributed by atoms with E-state index in [0.717, 1.165) is 30.1 Å². The normalized spacial score (nSPS) is 60.0. The summed E-state index contributed by atoms with van der Waals surface area (Å²) >= 11 is 0. The van der Waals surface area contributed by atoms with Crippen LogP contribution >= 0.6 is 0 Å². The molecule has 4 fully saturated rings. The minimum atomic E-state index is -0.410. The van der Waals surface area contributed by atoms with Crippen molar-refractivity contribution >= 4 is 0 Å². The van der Waals surface area contributed by atoms with Crippen molar-refractivity contribution in [1.29, 1.82) is 0 Å². The van der Waals surface area contributed by atoms with Crippen LogP contribution in [0.3, 0.4) is 0 Å². The maximum absolute atomic E-state index is 10.9. The molecule has 0 aromatic rings. The van der Waals surface area contributed by atoms with Gasteiger partial charge in [0, 0.05) is 0 Å². The van der Waals surface area contributed by atoms with Crippen LogP contribution in [-0.4, -0.2) is 10.7 Å². The molecule has 0 bridgehead atoms. The van der Waals surface area contributed by atoms with Gasteiger partial charge in [-0.2, -0.15) is 0 Å². The zero-order valence-corrected chi connectivity index (χ0v) is 14.3. The third-order valence-electron chi connectivity index (χ3n) is 9.15. The summed E-state index contributed by atoms with van der Waals surface area (Å²) in [5.74, 6) is 3.69. The number of aliphatic hydroxyl groups is 1. The molecular formula is C20H34O.